The Hall–Kier alpha value is -0.550. The molecule has 0 fully saturated rings. The predicted octanol–water partition coefficient (Wildman–Crippen LogP) is 1.60. The summed E-state index contributed by atoms with van der Waals surface area (Å²) in [6.07, 6.45) is 8.07. The second-order valence-corrected chi connectivity index (χ2v) is 3.20. The Morgan fingerprint density at radius 3 is 2.92 bits per heavy atom. The van der Waals surface area contributed by atoms with Crippen LogP contribution in [0, 0.1) is 18.3 Å². The lowest BCUT2D eigenvalue weighted by atomic mass is 10.0. The highest BCUT2D eigenvalue weighted by atomic mass is 31.1. The molecule has 3 nitrogen and oxygen atoms in total. The van der Waals surface area contributed by atoms with Crippen LogP contribution in [-0.2, 0) is 9.09 Å². The summed E-state index contributed by atoms with van der Waals surface area (Å²) >= 11 is 0. The van der Waals surface area contributed by atoms with E-state index in [4.69, 9.17) is 11.3 Å². The molecule has 0 aromatic heterocycles. The van der Waals surface area contributed by atoms with Crippen LogP contribution < -0.4 is 0 Å². The zero-order valence-electron chi connectivity index (χ0n) is 6.82. The first-order valence-corrected chi connectivity index (χ1v) is 4.87. The van der Waals surface area contributed by atoms with E-state index in [2.05, 4.69) is 17.0 Å². The van der Waals surface area contributed by atoms with Crippen LogP contribution in [0.15, 0.2) is 12.7 Å². The summed E-state index contributed by atoms with van der Waals surface area (Å²) in [6, 6.07) is 0. The highest BCUT2D eigenvalue weighted by Crippen LogP contribution is 2.19. The van der Waals surface area contributed by atoms with Crippen molar-refractivity contribution >= 4 is 8.25 Å². The lowest BCUT2D eigenvalue weighted by Gasteiger charge is -2.09. The SMILES string of the molecule is C#CCC(CC=C)CO[PH](=O)O. The predicted molar refractivity (Wildman–Crippen MR) is 48.9 cm³/mol. The molecule has 0 aliphatic heterocycles. The Balaban J connectivity index is 3.71. The van der Waals surface area contributed by atoms with Gasteiger partial charge in [0.1, 0.15) is 0 Å². The van der Waals surface area contributed by atoms with Crippen LogP contribution in [0.25, 0.3) is 0 Å². The van der Waals surface area contributed by atoms with Gasteiger partial charge in [-0.2, -0.15) is 0 Å². The fourth-order valence-electron chi connectivity index (χ4n) is 0.802. The third-order valence-corrected chi connectivity index (χ3v) is 1.76. The molecule has 0 bridgehead atoms. The van der Waals surface area contributed by atoms with Gasteiger partial charge >= 0.3 is 8.25 Å². The van der Waals surface area contributed by atoms with Gasteiger partial charge in [-0.25, -0.2) is 0 Å². The zero-order chi connectivity index (χ0) is 9.40. The monoisotopic (exact) mass is 188 g/mol. The molecular weight excluding hydrogens is 175 g/mol. The number of terminal acetylenes is 1. The van der Waals surface area contributed by atoms with E-state index in [1.807, 2.05) is 0 Å². The average molecular weight is 188 g/mol. The van der Waals surface area contributed by atoms with E-state index in [-0.39, 0.29) is 12.5 Å². The fourth-order valence-corrected chi connectivity index (χ4v) is 1.18. The Bertz CT molecular complexity index is 195. The molecule has 0 saturated heterocycles. The van der Waals surface area contributed by atoms with Crippen molar-refractivity contribution in [1.82, 2.24) is 0 Å². The van der Waals surface area contributed by atoms with E-state index in [0.29, 0.717) is 12.8 Å². The molecule has 0 amide bonds. The van der Waals surface area contributed by atoms with Crippen LogP contribution in [0.1, 0.15) is 12.8 Å². The largest absolute Gasteiger partial charge is 0.326 e. The molecule has 0 rings (SSSR count). The minimum atomic E-state index is -2.82. The number of hydrogen-bond acceptors (Lipinski definition) is 2. The lowest BCUT2D eigenvalue weighted by Crippen LogP contribution is -2.05. The van der Waals surface area contributed by atoms with Crippen molar-refractivity contribution in [2.75, 3.05) is 6.61 Å². The minimum absolute atomic E-state index is 0.105. The first-order chi connectivity index (χ1) is 5.70. The standard InChI is InChI=1S/C8H13O3P/c1-3-5-8(6-4-2)7-11-12(9)10/h1,4,8,12H,2,5-7H2,(H,9,10). The maximum absolute atomic E-state index is 10.2. The van der Waals surface area contributed by atoms with Crippen LogP contribution in [0.2, 0.25) is 0 Å². The van der Waals surface area contributed by atoms with Crippen molar-refractivity contribution in [3.05, 3.63) is 12.7 Å². The molecular formula is C8H13O3P. The van der Waals surface area contributed by atoms with E-state index in [1.165, 1.54) is 0 Å². The molecule has 0 aromatic carbocycles. The summed E-state index contributed by atoms with van der Waals surface area (Å²) in [6.45, 7) is 3.78. The third kappa shape index (κ3) is 6.18. The van der Waals surface area contributed by atoms with Gasteiger partial charge in [-0.1, -0.05) is 6.08 Å². The number of hydrogen-bond donors (Lipinski definition) is 1. The molecule has 0 aliphatic rings. The molecule has 0 spiro atoms. The molecule has 68 valence electrons. The second-order valence-electron chi connectivity index (χ2n) is 2.38. The van der Waals surface area contributed by atoms with Gasteiger partial charge < -0.3 is 9.42 Å². The first kappa shape index (κ1) is 11.4. The van der Waals surface area contributed by atoms with Crippen LogP contribution in [0.5, 0.6) is 0 Å². The van der Waals surface area contributed by atoms with E-state index < -0.39 is 8.25 Å². The van der Waals surface area contributed by atoms with Gasteiger partial charge in [0.2, 0.25) is 0 Å². The molecule has 12 heavy (non-hydrogen) atoms. The molecule has 4 heteroatoms. The summed E-state index contributed by atoms with van der Waals surface area (Å²) in [7, 11) is -2.82. The minimum Gasteiger partial charge on any atom is -0.326 e. The molecule has 0 heterocycles. The van der Waals surface area contributed by atoms with E-state index in [9.17, 15) is 4.57 Å². The van der Waals surface area contributed by atoms with Crippen molar-refractivity contribution in [1.29, 1.82) is 0 Å². The van der Waals surface area contributed by atoms with Gasteiger partial charge in [0.25, 0.3) is 0 Å². The normalized spacial score (nSPS) is 14.7. The van der Waals surface area contributed by atoms with Gasteiger partial charge in [-0.15, -0.1) is 18.9 Å². The lowest BCUT2D eigenvalue weighted by molar-refractivity contribution is 0.233. The maximum Gasteiger partial charge on any atom is 0.316 e. The summed E-state index contributed by atoms with van der Waals surface area (Å²) in [4.78, 5) is 8.38. The topological polar surface area (TPSA) is 46.5 Å². The Kier molecular flexibility index (Phi) is 6.79. The van der Waals surface area contributed by atoms with Crippen LogP contribution >= 0.6 is 8.25 Å². The zero-order valence-corrected chi connectivity index (χ0v) is 7.82. The molecule has 0 aliphatic carbocycles. The van der Waals surface area contributed by atoms with Crippen LogP contribution in [0.4, 0.5) is 0 Å². The third-order valence-electron chi connectivity index (χ3n) is 1.35. The van der Waals surface area contributed by atoms with Crippen molar-refractivity contribution in [2.45, 2.75) is 12.8 Å². The van der Waals surface area contributed by atoms with Gasteiger partial charge in [-0.3, -0.25) is 4.57 Å². The van der Waals surface area contributed by atoms with E-state index in [1.54, 1.807) is 6.08 Å². The Morgan fingerprint density at radius 2 is 2.50 bits per heavy atom. The van der Waals surface area contributed by atoms with E-state index >= 15 is 0 Å². The molecule has 2 atom stereocenters. The summed E-state index contributed by atoms with van der Waals surface area (Å²) in [5.41, 5.74) is 0. The van der Waals surface area contributed by atoms with Crippen LogP contribution in [-0.4, -0.2) is 11.5 Å². The van der Waals surface area contributed by atoms with Crippen molar-refractivity contribution in [2.24, 2.45) is 5.92 Å². The number of allylic oxidation sites excluding steroid dienone is 1. The molecule has 1 N–H and O–H groups in total. The highest BCUT2D eigenvalue weighted by Gasteiger charge is 2.06. The number of rotatable bonds is 6. The summed E-state index contributed by atoms with van der Waals surface area (Å²) < 4.78 is 14.8. The Morgan fingerprint density at radius 1 is 1.83 bits per heavy atom. The van der Waals surface area contributed by atoms with Crippen molar-refractivity contribution < 1.29 is 14.0 Å². The second kappa shape index (κ2) is 7.12. The van der Waals surface area contributed by atoms with Crippen molar-refractivity contribution in [3.63, 3.8) is 0 Å². The van der Waals surface area contributed by atoms with Gasteiger partial charge in [0.15, 0.2) is 0 Å². The highest BCUT2D eigenvalue weighted by molar-refractivity contribution is 7.32. The fraction of sp³-hybridized carbons (Fsp3) is 0.500. The quantitative estimate of drug-likeness (QED) is 0.391. The van der Waals surface area contributed by atoms with Gasteiger partial charge in [0.05, 0.1) is 6.61 Å². The van der Waals surface area contributed by atoms with Crippen molar-refractivity contribution in [3.8, 4) is 12.3 Å². The summed E-state index contributed by atoms with van der Waals surface area (Å²) in [5, 5.41) is 0. The average Bonchev–Trinajstić information content (AvgIpc) is 2.01. The molecule has 0 radical (unpaired) electrons. The summed E-state index contributed by atoms with van der Waals surface area (Å²) in [5.74, 6) is 2.58. The first-order valence-electron chi connectivity index (χ1n) is 3.60. The van der Waals surface area contributed by atoms with Gasteiger partial charge in [0, 0.05) is 6.42 Å². The van der Waals surface area contributed by atoms with E-state index in [0.717, 1.165) is 0 Å². The smallest absolute Gasteiger partial charge is 0.316 e. The van der Waals surface area contributed by atoms with Gasteiger partial charge in [-0.05, 0) is 12.3 Å². The Labute approximate surface area is 73.4 Å². The molecule has 0 saturated carbocycles. The maximum atomic E-state index is 10.2. The molecule has 2 unspecified atom stereocenters. The van der Waals surface area contributed by atoms with Crippen LogP contribution in [0.3, 0.4) is 0 Å². The molecule has 0 aromatic rings.